The van der Waals surface area contributed by atoms with Crippen LogP contribution >= 0.6 is 0 Å². The lowest BCUT2D eigenvalue weighted by atomic mass is 10.1. The summed E-state index contributed by atoms with van der Waals surface area (Å²) in [4.78, 5) is 26.3. The van der Waals surface area contributed by atoms with Gasteiger partial charge in [-0.15, -0.1) is 0 Å². The molecule has 1 fully saturated rings. The summed E-state index contributed by atoms with van der Waals surface area (Å²) >= 11 is 0. The first-order valence-electron chi connectivity index (χ1n) is 7.47. The molecule has 0 aromatic carbocycles. The van der Waals surface area contributed by atoms with Crippen molar-refractivity contribution in [2.75, 3.05) is 6.61 Å². The van der Waals surface area contributed by atoms with Gasteiger partial charge in [0.15, 0.2) is 20.6 Å². The van der Waals surface area contributed by atoms with Crippen molar-refractivity contribution in [3.63, 3.8) is 0 Å². The van der Waals surface area contributed by atoms with Gasteiger partial charge in [-0.05, 0) is 19.6 Å². The summed E-state index contributed by atoms with van der Waals surface area (Å²) in [7, 11) is -1.89. The lowest BCUT2D eigenvalue weighted by Crippen LogP contribution is -2.45. The van der Waals surface area contributed by atoms with Crippen molar-refractivity contribution in [1.29, 1.82) is 0 Å². The van der Waals surface area contributed by atoms with E-state index in [-0.39, 0.29) is 30.2 Å². The van der Waals surface area contributed by atoms with E-state index >= 15 is 0 Å². The Hall–Kier alpha value is -1.71. The lowest BCUT2D eigenvalue weighted by molar-refractivity contribution is -0.147. The quantitative estimate of drug-likeness (QED) is 0.588. The van der Waals surface area contributed by atoms with Crippen LogP contribution in [0.1, 0.15) is 13.2 Å². The first-order valence-corrected chi connectivity index (χ1v) is 10.9. The van der Waals surface area contributed by atoms with E-state index in [9.17, 15) is 9.59 Å². The highest BCUT2D eigenvalue weighted by molar-refractivity contribution is 6.69. The van der Waals surface area contributed by atoms with Crippen molar-refractivity contribution in [1.82, 2.24) is 9.55 Å². The topological polar surface area (TPSA) is 88.9 Å². The molecule has 4 unspecified atom stereocenters. The molecule has 2 aliphatic heterocycles. The summed E-state index contributed by atoms with van der Waals surface area (Å²) in [6, 6.07) is 1.58. The average molecular weight is 340 g/mol. The number of esters is 1. The number of nitrogens with zero attached hydrogens (tertiary/aromatic N) is 2. The van der Waals surface area contributed by atoms with Gasteiger partial charge in [0.2, 0.25) is 0 Å². The summed E-state index contributed by atoms with van der Waals surface area (Å²) in [5.74, 6) is -0.371. The van der Waals surface area contributed by atoms with Gasteiger partial charge in [-0.2, -0.15) is 4.98 Å². The standard InChI is InChI=1S/C14H20N2O6Si/c1-8(17)19-7-9-11(22-23(2,3)4)12-13(20-9)16-6-5-10(18)15-14(16)21-12/h5-6,9,11-13H,7H2,1-4H3. The Labute approximate surface area is 134 Å². The molecular formula is C14H20N2O6Si. The van der Waals surface area contributed by atoms with Crippen LogP contribution in [0, 0.1) is 0 Å². The Kier molecular flexibility index (Phi) is 4.03. The van der Waals surface area contributed by atoms with Crippen LogP contribution in [0.25, 0.3) is 0 Å². The third kappa shape index (κ3) is 3.31. The largest absolute Gasteiger partial charge is 0.463 e. The van der Waals surface area contributed by atoms with Crippen LogP contribution in [0.5, 0.6) is 6.01 Å². The number of carbonyl (C=O) groups is 1. The Bertz CT molecular complexity index is 670. The van der Waals surface area contributed by atoms with E-state index in [1.807, 2.05) is 0 Å². The normalized spacial score (nSPS) is 28.9. The minimum absolute atomic E-state index is 0.101. The van der Waals surface area contributed by atoms with Gasteiger partial charge in [0.25, 0.3) is 5.56 Å². The van der Waals surface area contributed by atoms with Crippen LogP contribution in [0.3, 0.4) is 0 Å². The van der Waals surface area contributed by atoms with Crippen LogP contribution in [-0.4, -0.2) is 48.8 Å². The Balaban J connectivity index is 1.85. The monoisotopic (exact) mass is 340 g/mol. The first kappa shape index (κ1) is 16.2. The number of fused-ring (bicyclic) bond motifs is 3. The molecule has 1 saturated heterocycles. The van der Waals surface area contributed by atoms with E-state index in [1.165, 1.54) is 13.0 Å². The summed E-state index contributed by atoms with van der Waals surface area (Å²) in [5, 5.41) is 0. The third-order valence-electron chi connectivity index (χ3n) is 3.55. The molecule has 126 valence electrons. The molecule has 1 aromatic heterocycles. The molecule has 0 amide bonds. The van der Waals surface area contributed by atoms with Crippen LogP contribution in [0.2, 0.25) is 19.6 Å². The molecule has 0 radical (unpaired) electrons. The van der Waals surface area contributed by atoms with Crippen LogP contribution in [0.4, 0.5) is 0 Å². The molecule has 9 heteroatoms. The van der Waals surface area contributed by atoms with Crippen LogP contribution < -0.4 is 10.3 Å². The molecule has 3 heterocycles. The summed E-state index contributed by atoms with van der Waals surface area (Å²) in [5.41, 5.74) is -0.365. The van der Waals surface area contributed by atoms with Crippen molar-refractivity contribution in [3.8, 4) is 6.01 Å². The average Bonchev–Trinajstić information content (AvgIpc) is 2.91. The van der Waals surface area contributed by atoms with Crippen molar-refractivity contribution in [2.45, 2.75) is 51.1 Å². The predicted octanol–water partition coefficient (Wildman–Crippen LogP) is 0.685. The molecule has 0 saturated carbocycles. The predicted molar refractivity (Wildman–Crippen MR) is 81.7 cm³/mol. The van der Waals surface area contributed by atoms with Crippen LogP contribution in [0.15, 0.2) is 17.1 Å². The molecule has 0 bridgehead atoms. The van der Waals surface area contributed by atoms with E-state index in [1.54, 1.807) is 10.8 Å². The number of aromatic nitrogens is 2. The molecule has 0 spiro atoms. The van der Waals surface area contributed by atoms with E-state index in [0.29, 0.717) is 0 Å². The molecule has 0 aliphatic carbocycles. The van der Waals surface area contributed by atoms with E-state index < -0.39 is 26.8 Å². The highest BCUT2D eigenvalue weighted by atomic mass is 28.4. The molecule has 4 atom stereocenters. The number of carbonyl (C=O) groups excluding carboxylic acids is 1. The van der Waals surface area contributed by atoms with E-state index in [2.05, 4.69) is 24.6 Å². The third-order valence-corrected chi connectivity index (χ3v) is 4.53. The molecular weight excluding hydrogens is 320 g/mol. The van der Waals surface area contributed by atoms with Gasteiger partial charge >= 0.3 is 12.0 Å². The fraction of sp³-hybridized carbons (Fsp3) is 0.643. The number of hydrogen-bond donors (Lipinski definition) is 0. The zero-order valence-electron chi connectivity index (χ0n) is 13.5. The maximum atomic E-state index is 11.4. The molecule has 8 nitrogen and oxygen atoms in total. The molecule has 3 rings (SSSR count). The smallest absolute Gasteiger partial charge is 0.302 e. The molecule has 2 aliphatic rings. The van der Waals surface area contributed by atoms with E-state index in [4.69, 9.17) is 18.6 Å². The number of rotatable bonds is 4. The summed E-state index contributed by atoms with van der Waals surface area (Å²) in [6.07, 6.45) is -0.0811. The second kappa shape index (κ2) is 5.73. The van der Waals surface area contributed by atoms with Crippen molar-refractivity contribution in [3.05, 3.63) is 22.6 Å². The van der Waals surface area contributed by atoms with E-state index in [0.717, 1.165) is 0 Å². The Morgan fingerprint density at radius 2 is 2.17 bits per heavy atom. The minimum atomic E-state index is -1.89. The number of ether oxygens (including phenoxy) is 3. The summed E-state index contributed by atoms with van der Waals surface area (Å²) in [6.45, 7) is 7.64. The van der Waals surface area contributed by atoms with Crippen molar-refractivity contribution >= 4 is 14.3 Å². The fourth-order valence-corrected chi connectivity index (χ4v) is 3.84. The molecule has 1 aromatic rings. The first-order chi connectivity index (χ1) is 10.7. The maximum Gasteiger partial charge on any atom is 0.302 e. The van der Waals surface area contributed by atoms with Gasteiger partial charge in [-0.3, -0.25) is 14.2 Å². The Morgan fingerprint density at radius 3 is 2.83 bits per heavy atom. The van der Waals surface area contributed by atoms with Crippen LogP contribution in [-0.2, 0) is 18.7 Å². The van der Waals surface area contributed by atoms with Crippen molar-refractivity contribution < 1.29 is 23.4 Å². The highest BCUT2D eigenvalue weighted by Gasteiger charge is 2.53. The minimum Gasteiger partial charge on any atom is -0.463 e. The van der Waals surface area contributed by atoms with Gasteiger partial charge in [0.1, 0.15) is 18.8 Å². The van der Waals surface area contributed by atoms with Gasteiger partial charge in [0, 0.05) is 19.2 Å². The summed E-state index contributed by atoms with van der Waals surface area (Å²) < 4.78 is 24.7. The van der Waals surface area contributed by atoms with Gasteiger partial charge in [-0.1, -0.05) is 0 Å². The second-order valence-electron chi connectivity index (χ2n) is 6.60. The Morgan fingerprint density at radius 1 is 1.43 bits per heavy atom. The molecule has 0 N–H and O–H groups in total. The zero-order chi connectivity index (χ0) is 16.8. The lowest BCUT2D eigenvalue weighted by Gasteiger charge is -2.28. The highest BCUT2D eigenvalue weighted by Crippen LogP contribution is 2.41. The SMILES string of the molecule is CC(=O)OCC1OC2C(Oc3nc(=O)ccn32)C1O[Si](C)(C)C. The zero-order valence-corrected chi connectivity index (χ0v) is 14.5. The molecule has 23 heavy (non-hydrogen) atoms. The van der Waals surface area contributed by atoms with Gasteiger partial charge < -0.3 is 18.6 Å². The number of hydrogen-bond acceptors (Lipinski definition) is 7. The van der Waals surface area contributed by atoms with Crippen molar-refractivity contribution in [2.24, 2.45) is 0 Å². The maximum absolute atomic E-state index is 11.4. The van der Waals surface area contributed by atoms with Gasteiger partial charge in [0.05, 0.1) is 0 Å². The second-order valence-corrected chi connectivity index (χ2v) is 11.1. The van der Waals surface area contributed by atoms with Gasteiger partial charge in [-0.25, -0.2) is 0 Å². The fourth-order valence-electron chi connectivity index (χ4n) is 2.74.